The van der Waals surface area contributed by atoms with Crippen molar-refractivity contribution in [2.75, 3.05) is 4.72 Å². The van der Waals surface area contributed by atoms with Crippen LogP contribution in [0.2, 0.25) is 0 Å². The summed E-state index contributed by atoms with van der Waals surface area (Å²) in [4.78, 5) is 13.5. The molecular weight excluding hydrogens is 468 g/mol. The highest BCUT2D eigenvalue weighted by Crippen LogP contribution is 2.27. The van der Waals surface area contributed by atoms with Crippen LogP contribution in [0.5, 0.6) is 0 Å². The highest BCUT2D eigenvalue weighted by atomic mass is 32.2. The molecule has 2 N–H and O–H groups in total. The Labute approximate surface area is 213 Å². The maximum atomic E-state index is 13.4. The second kappa shape index (κ2) is 10.4. The predicted molar refractivity (Wildman–Crippen MR) is 145 cm³/mol. The smallest absolute Gasteiger partial charge is 0.262 e. The first-order chi connectivity index (χ1) is 17.1. The van der Waals surface area contributed by atoms with E-state index < -0.39 is 10.0 Å². The van der Waals surface area contributed by atoms with E-state index in [-0.39, 0.29) is 22.4 Å². The zero-order chi connectivity index (χ0) is 25.9. The molecule has 0 fully saturated rings. The fourth-order valence-corrected chi connectivity index (χ4v) is 5.70. The molecule has 0 aliphatic rings. The lowest BCUT2D eigenvalue weighted by atomic mass is 9.94. The van der Waals surface area contributed by atoms with Gasteiger partial charge in [0.2, 0.25) is 0 Å². The normalized spacial score (nSPS) is 12.1. The lowest BCUT2D eigenvalue weighted by Crippen LogP contribution is -2.30. The molecule has 0 saturated heterocycles. The van der Waals surface area contributed by atoms with E-state index in [4.69, 9.17) is 0 Å². The fourth-order valence-electron chi connectivity index (χ4n) is 4.39. The quantitative estimate of drug-likeness (QED) is 0.317. The molecule has 1 amide bonds. The zero-order valence-corrected chi connectivity index (χ0v) is 21.7. The van der Waals surface area contributed by atoms with Crippen molar-refractivity contribution >= 4 is 21.6 Å². The van der Waals surface area contributed by atoms with Crippen molar-refractivity contribution in [3.63, 3.8) is 0 Å². The van der Waals surface area contributed by atoms with Gasteiger partial charge in [-0.2, -0.15) is 0 Å². The minimum absolute atomic E-state index is 0.0708. The Kier molecular flexibility index (Phi) is 7.27. The van der Waals surface area contributed by atoms with Crippen LogP contribution in [0.1, 0.15) is 49.8 Å². The molecule has 6 heteroatoms. The Bertz CT molecular complexity index is 1490. The van der Waals surface area contributed by atoms with Crippen LogP contribution in [0.3, 0.4) is 0 Å². The van der Waals surface area contributed by atoms with Crippen LogP contribution in [0, 0.1) is 27.7 Å². The number of hydrogen-bond acceptors (Lipinski definition) is 3. The molecule has 1 atom stereocenters. The first-order valence-corrected chi connectivity index (χ1v) is 13.3. The highest BCUT2D eigenvalue weighted by Gasteiger charge is 2.23. The number of nitrogens with one attached hydrogen (secondary N) is 2. The number of carbonyl (C=O) groups excluding carboxylic acids is 1. The third-order valence-corrected chi connectivity index (χ3v) is 7.64. The van der Waals surface area contributed by atoms with E-state index in [1.165, 1.54) is 6.07 Å². The molecule has 4 aromatic carbocycles. The van der Waals surface area contributed by atoms with Crippen LogP contribution in [-0.2, 0) is 10.0 Å². The van der Waals surface area contributed by atoms with Gasteiger partial charge in [-0.3, -0.25) is 9.52 Å². The monoisotopic (exact) mass is 498 g/mol. The van der Waals surface area contributed by atoms with Gasteiger partial charge in [0, 0.05) is 11.3 Å². The number of benzene rings is 4. The topological polar surface area (TPSA) is 75.3 Å². The molecule has 4 aromatic rings. The molecule has 0 saturated carbocycles. The zero-order valence-electron chi connectivity index (χ0n) is 20.9. The summed E-state index contributed by atoms with van der Waals surface area (Å²) in [5.41, 5.74) is 6.21. The molecule has 0 radical (unpaired) electrons. The standard InChI is InChI=1S/C30H30N2O3S/c1-20-16-21(2)18-26(17-20)32-36(34,35)28-19-25(15-14-23(28)4)30(33)31-29(24-11-6-5-7-12-24)27-13-9-8-10-22(27)3/h5-19,29,32H,1-4H3,(H,31,33)/t29-/m0/s1. The van der Waals surface area contributed by atoms with Gasteiger partial charge in [0.25, 0.3) is 15.9 Å². The summed E-state index contributed by atoms with van der Waals surface area (Å²) in [6.45, 7) is 7.56. The number of aryl methyl sites for hydroxylation is 4. The lowest BCUT2D eigenvalue weighted by Gasteiger charge is -2.22. The minimum atomic E-state index is -3.90. The van der Waals surface area contributed by atoms with Gasteiger partial charge in [-0.05, 0) is 85.3 Å². The largest absolute Gasteiger partial charge is 0.341 e. The molecule has 0 aliphatic heterocycles. The second-order valence-corrected chi connectivity index (χ2v) is 10.8. The van der Waals surface area contributed by atoms with E-state index in [0.717, 1.165) is 27.8 Å². The molecule has 36 heavy (non-hydrogen) atoms. The number of sulfonamides is 1. The first kappa shape index (κ1) is 25.2. The molecule has 0 aliphatic carbocycles. The Morgan fingerprint density at radius 1 is 0.722 bits per heavy atom. The number of carbonyl (C=O) groups is 1. The Balaban J connectivity index is 1.67. The van der Waals surface area contributed by atoms with Crippen molar-refractivity contribution in [1.29, 1.82) is 0 Å². The van der Waals surface area contributed by atoms with Crippen LogP contribution < -0.4 is 10.0 Å². The van der Waals surface area contributed by atoms with E-state index in [0.29, 0.717) is 11.3 Å². The summed E-state index contributed by atoms with van der Waals surface area (Å²) in [5, 5.41) is 3.12. The molecule has 4 rings (SSSR count). The van der Waals surface area contributed by atoms with Gasteiger partial charge < -0.3 is 5.32 Å². The molecule has 0 heterocycles. The summed E-state index contributed by atoms with van der Waals surface area (Å²) >= 11 is 0. The number of hydrogen-bond donors (Lipinski definition) is 2. The first-order valence-electron chi connectivity index (χ1n) is 11.8. The average Bonchev–Trinajstić information content (AvgIpc) is 2.82. The van der Waals surface area contributed by atoms with Gasteiger partial charge in [0.05, 0.1) is 10.9 Å². The minimum Gasteiger partial charge on any atom is -0.341 e. The molecular formula is C30H30N2O3S. The van der Waals surface area contributed by atoms with E-state index in [1.54, 1.807) is 31.2 Å². The fraction of sp³-hybridized carbons (Fsp3) is 0.167. The number of rotatable bonds is 7. The van der Waals surface area contributed by atoms with Crippen molar-refractivity contribution in [2.45, 2.75) is 38.6 Å². The van der Waals surface area contributed by atoms with Crippen molar-refractivity contribution in [3.8, 4) is 0 Å². The molecule has 0 spiro atoms. The van der Waals surface area contributed by atoms with Crippen molar-refractivity contribution in [3.05, 3.63) is 130 Å². The maximum absolute atomic E-state index is 13.4. The third-order valence-electron chi connectivity index (χ3n) is 6.12. The lowest BCUT2D eigenvalue weighted by molar-refractivity contribution is 0.0942. The van der Waals surface area contributed by atoms with E-state index >= 15 is 0 Å². The van der Waals surface area contributed by atoms with Gasteiger partial charge in [-0.15, -0.1) is 0 Å². The van der Waals surface area contributed by atoms with Gasteiger partial charge in [0.1, 0.15) is 0 Å². The molecule has 5 nitrogen and oxygen atoms in total. The summed E-state index contributed by atoms with van der Waals surface area (Å²) in [7, 11) is -3.90. The highest BCUT2D eigenvalue weighted by molar-refractivity contribution is 7.92. The van der Waals surface area contributed by atoms with E-state index in [1.807, 2.05) is 81.4 Å². The second-order valence-electron chi connectivity index (χ2n) is 9.14. The molecule has 0 unspecified atom stereocenters. The van der Waals surface area contributed by atoms with Crippen molar-refractivity contribution in [2.24, 2.45) is 0 Å². The predicted octanol–water partition coefficient (Wildman–Crippen LogP) is 6.24. The Morgan fingerprint density at radius 3 is 2.03 bits per heavy atom. The summed E-state index contributed by atoms with van der Waals surface area (Å²) in [6, 6.07) is 27.6. The van der Waals surface area contributed by atoms with Crippen LogP contribution in [0.15, 0.2) is 95.9 Å². The third kappa shape index (κ3) is 5.66. The Hall–Kier alpha value is -3.90. The van der Waals surface area contributed by atoms with Crippen LogP contribution >= 0.6 is 0 Å². The maximum Gasteiger partial charge on any atom is 0.262 e. The molecule has 0 aromatic heterocycles. The summed E-state index contributed by atoms with van der Waals surface area (Å²) in [5.74, 6) is -0.352. The number of anilines is 1. The van der Waals surface area contributed by atoms with Crippen molar-refractivity contribution < 1.29 is 13.2 Å². The van der Waals surface area contributed by atoms with Crippen LogP contribution in [0.4, 0.5) is 5.69 Å². The summed E-state index contributed by atoms with van der Waals surface area (Å²) < 4.78 is 29.2. The Morgan fingerprint density at radius 2 is 1.36 bits per heavy atom. The van der Waals surface area contributed by atoms with Crippen LogP contribution in [0.25, 0.3) is 0 Å². The van der Waals surface area contributed by atoms with Gasteiger partial charge in [-0.25, -0.2) is 8.42 Å². The van der Waals surface area contributed by atoms with Gasteiger partial charge >= 0.3 is 0 Å². The average molecular weight is 499 g/mol. The number of amides is 1. The summed E-state index contributed by atoms with van der Waals surface area (Å²) in [6.07, 6.45) is 0. The van der Waals surface area contributed by atoms with Gasteiger partial charge in [-0.1, -0.05) is 66.7 Å². The molecule has 0 bridgehead atoms. The SMILES string of the molecule is Cc1cc(C)cc(NS(=O)(=O)c2cc(C(=O)N[C@@H](c3ccccc3)c3ccccc3C)ccc2C)c1. The van der Waals surface area contributed by atoms with E-state index in [9.17, 15) is 13.2 Å². The van der Waals surface area contributed by atoms with Crippen LogP contribution in [-0.4, -0.2) is 14.3 Å². The van der Waals surface area contributed by atoms with E-state index in [2.05, 4.69) is 10.0 Å². The van der Waals surface area contributed by atoms with Gasteiger partial charge in [0.15, 0.2) is 0 Å². The van der Waals surface area contributed by atoms with Crippen molar-refractivity contribution in [1.82, 2.24) is 5.32 Å². The molecule has 184 valence electrons.